The Morgan fingerprint density at radius 2 is 1.97 bits per heavy atom. The van der Waals surface area contributed by atoms with Crippen LogP contribution in [0.1, 0.15) is 30.7 Å². The van der Waals surface area contributed by atoms with Gasteiger partial charge in [0.1, 0.15) is 23.7 Å². The summed E-state index contributed by atoms with van der Waals surface area (Å²) in [6, 6.07) is 12.7. The Morgan fingerprint density at radius 1 is 1.21 bits per heavy atom. The molecule has 3 aromatic rings. The Bertz CT molecular complexity index is 1310. The Labute approximate surface area is 208 Å². The van der Waals surface area contributed by atoms with Crippen molar-refractivity contribution in [3.63, 3.8) is 0 Å². The zero-order valence-corrected chi connectivity index (χ0v) is 20.3. The number of methoxy groups -OCH3 is 1. The number of nitriles is 1. The lowest BCUT2D eigenvalue weighted by atomic mass is 10.1. The molecule has 0 aliphatic heterocycles. The molecule has 0 fully saturated rings. The van der Waals surface area contributed by atoms with E-state index in [9.17, 15) is 10.1 Å². The van der Waals surface area contributed by atoms with Crippen LogP contribution in [-0.2, 0) is 16.1 Å². The first-order valence-electron chi connectivity index (χ1n) is 9.88. The second-order valence-electron chi connectivity index (χ2n) is 7.53. The smallest absolute Gasteiger partial charge is 0.329 e. The minimum Gasteiger partial charge on any atom is -0.495 e. The van der Waals surface area contributed by atoms with Crippen LogP contribution in [0.15, 0.2) is 36.4 Å². The van der Waals surface area contributed by atoms with Crippen molar-refractivity contribution in [1.82, 2.24) is 10.2 Å². The molecular formula is C24H22Cl2N4O4. The number of carboxylic acid groups (broad SMARTS) is 1. The third-order valence-electron chi connectivity index (χ3n) is 4.62. The van der Waals surface area contributed by atoms with E-state index in [0.29, 0.717) is 45.2 Å². The van der Waals surface area contributed by atoms with Gasteiger partial charge in [0.2, 0.25) is 0 Å². The lowest BCUT2D eigenvalue weighted by Crippen LogP contribution is -2.25. The lowest BCUT2D eigenvalue weighted by molar-refractivity contribution is -0.145. The summed E-state index contributed by atoms with van der Waals surface area (Å²) in [7, 11) is 1.55. The van der Waals surface area contributed by atoms with Crippen LogP contribution in [0.3, 0.4) is 0 Å². The first kappa shape index (κ1) is 26.7. The predicted octanol–water partition coefficient (Wildman–Crippen LogP) is 4.43. The number of anilines is 1. The molecule has 0 amide bonds. The monoisotopic (exact) mass is 500 g/mol. The highest BCUT2D eigenvalue weighted by molar-refractivity contribution is 6.32. The van der Waals surface area contributed by atoms with E-state index in [0.717, 1.165) is 5.56 Å². The van der Waals surface area contributed by atoms with Crippen molar-refractivity contribution in [3.8, 4) is 23.7 Å². The van der Waals surface area contributed by atoms with Crippen molar-refractivity contribution < 1.29 is 19.4 Å². The molecule has 0 atom stereocenters. The van der Waals surface area contributed by atoms with E-state index in [1.54, 1.807) is 51.3 Å². The summed E-state index contributed by atoms with van der Waals surface area (Å²) in [6.45, 7) is 3.30. The van der Waals surface area contributed by atoms with Crippen molar-refractivity contribution in [3.05, 3.63) is 58.2 Å². The highest BCUT2D eigenvalue weighted by Crippen LogP contribution is 2.27. The summed E-state index contributed by atoms with van der Waals surface area (Å²) in [4.78, 5) is 10.8. The summed E-state index contributed by atoms with van der Waals surface area (Å²) < 4.78 is 10.5. The van der Waals surface area contributed by atoms with Gasteiger partial charge in [-0.15, -0.1) is 22.6 Å². The molecule has 3 rings (SSSR count). The van der Waals surface area contributed by atoms with Crippen LogP contribution in [0.5, 0.6) is 5.75 Å². The van der Waals surface area contributed by atoms with Gasteiger partial charge in [-0.2, -0.15) is 5.26 Å². The Hall–Kier alpha value is -3.56. The molecular weight excluding hydrogens is 479 g/mol. The highest BCUT2D eigenvalue weighted by atomic mass is 35.5. The maximum absolute atomic E-state index is 10.8. The molecule has 0 aliphatic carbocycles. The number of hydrogen-bond donors (Lipinski definition) is 2. The van der Waals surface area contributed by atoms with E-state index in [1.807, 2.05) is 6.07 Å². The van der Waals surface area contributed by atoms with Crippen LogP contribution < -0.4 is 10.1 Å². The van der Waals surface area contributed by atoms with Gasteiger partial charge in [0.25, 0.3) is 0 Å². The van der Waals surface area contributed by atoms with Crippen molar-refractivity contribution in [2.45, 2.75) is 26.0 Å². The standard InChI is InChI=1S/C24H21ClN4O4.ClH/c1-24(2,33-14-22(30)31)9-8-20-17-6-4-15(12-26)10-18(17)23(29-28-20)27-13-16-5-7-21(32-3)19(25)11-16;/h4-7,10-11H,13-14H2,1-3H3,(H,27,29)(H,30,31);1H. The van der Waals surface area contributed by atoms with Crippen molar-refractivity contribution in [2.24, 2.45) is 0 Å². The predicted molar refractivity (Wildman–Crippen MR) is 131 cm³/mol. The van der Waals surface area contributed by atoms with E-state index < -0.39 is 18.2 Å². The summed E-state index contributed by atoms with van der Waals surface area (Å²) >= 11 is 6.20. The minimum absolute atomic E-state index is 0. The van der Waals surface area contributed by atoms with E-state index in [-0.39, 0.29) is 12.4 Å². The Kier molecular flexibility index (Phi) is 9.05. The number of aliphatic carboxylic acids is 1. The number of halogens is 2. The molecule has 1 aromatic heterocycles. The van der Waals surface area contributed by atoms with Crippen molar-refractivity contribution >= 4 is 46.6 Å². The first-order valence-corrected chi connectivity index (χ1v) is 10.3. The van der Waals surface area contributed by atoms with Crippen molar-refractivity contribution in [1.29, 1.82) is 5.26 Å². The van der Waals surface area contributed by atoms with Gasteiger partial charge in [-0.25, -0.2) is 4.79 Å². The van der Waals surface area contributed by atoms with Gasteiger partial charge in [-0.1, -0.05) is 29.7 Å². The number of nitrogens with one attached hydrogen (secondary N) is 1. The molecule has 0 unspecified atom stereocenters. The van der Waals surface area contributed by atoms with Gasteiger partial charge in [0, 0.05) is 17.3 Å². The summed E-state index contributed by atoms with van der Waals surface area (Å²) in [5, 5.41) is 31.7. The summed E-state index contributed by atoms with van der Waals surface area (Å²) in [5.74, 6) is 5.82. The maximum atomic E-state index is 10.8. The molecule has 0 saturated heterocycles. The molecule has 1 heterocycles. The third kappa shape index (κ3) is 6.72. The van der Waals surface area contributed by atoms with Gasteiger partial charge in [-0.05, 0) is 49.6 Å². The number of hydrogen-bond acceptors (Lipinski definition) is 7. The molecule has 0 radical (unpaired) electrons. The van der Waals surface area contributed by atoms with Crippen LogP contribution in [0.2, 0.25) is 5.02 Å². The number of rotatable bonds is 7. The third-order valence-corrected chi connectivity index (χ3v) is 4.92. The fraction of sp³-hybridized carbons (Fsp3) is 0.250. The second kappa shape index (κ2) is 11.5. The zero-order chi connectivity index (χ0) is 24.0. The molecule has 0 spiro atoms. The number of nitrogens with zero attached hydrogens (tertiary/aromatic N) is 3. The number of aromatic nitrogens is 2. The molecule has 2 N–H and O–H groups in total. The summed E-state index contributed by atoms with van der Waals surface area (Å²) in [5.41, 5.74) is 0.770. The topological polar surface area (TPSA) is 117 Å². The average molecular weight is 501 g/mol. The van der Waals surface area contributed by atoms with Crippen LogP contribution in [0, 0.1) is 23.2 Å². The lowest BCUT2D eigenvalue weighted by Gasteiger charge is -2.17. The molecule has 0 aliphatic rings. The number of ether oxygens (including phenoxy) is 2. The second-order valence-corrected chi connectivity index (χ2v) is 7.94. The molecule has 10 heteroatoms. The molecule has 8 nitrogen and oxygen atoms in total. The van der Waals surface area contributed by atoms with E-state index >= 15 is 0 Å². The van der Waals surface area contributed by atoms with Gasteiger partial charge >= 0.3 is 5.97 Å². The van der Waals surface area contributed by atoms with E-state index in [2.05, 4.69) is 33.4 Å². The van der Waals surface area contributed by atoms with E-state index in [1.165, 1.54) is 0 Å². The Balaban J connectivity index is 0.00000408. The SMILES string of the molecule is COc1ccc(CNc2nnc(C#CC(C)(C)OCC(=O)O)c3ccc(C#N)cc23)cc1Cl.Cl. The van der Waals surface area contributed by atoms with Gasteiger partial charge in [0.05, 0.1) is 23.8 Å². The van der Waals surface area contributed by atoms with Crippen molar-refractivity contribution in [2.75, 3.05) is 19.0 Å². The molecule has 176 valence electrons. The van der Waals surface area contributed by atoms with Gasteiger partial charge in [0.15, 0.2) is 5.82 Å². The molecule has 0 bridgehead atoms. The fourth-order valence-corrected chi connectivity index (χ4v) is 3.22. The Morgan fingerprint density at radius 3 is 2.62 bits per heavy atom. The highest BCUT2D eigenvalue weighted by Gasteiger charge is 2.17. The minimum atomic E-state index is -1.08. The molecule has 0 saturated carbocycles. The average Bonchev–Trinajstić information content (AvgIpc) is 2.80. The maximum Gasteiger partial charge on any atom is 0.329 e. The first-order chi connectivity index (χ1) is 15.7. The van der Waals surface area contributed by atoms with Crippen LogP contribution >= 0.6 is 24.0 Å². The fourth-order valence-electron chi connectivity index (χ4n) is 2.94. The molecule has 34 heavy (non-hydrogen) atoms. The van der Waals surface area contributed by atoms with Gasteiger partial charge in [-0.3, -0.25) is 0 Å². The van der Waals surface area contributed by atoms with Crippen LogP contribution in [0.4, 0.5) is 5.82 Å². The van der Waals surface area contributed by atoms with Crippen LogP contribution in [-0.4, -0.2) is 40.6 Å². The number of benzene rings is 2. The number of fused-ring (bicyclic) bond motifs is 1. The number of carbonyl (C=O) groups is 1. The molecule has 2 aromatic carbocycles. The summed E-state index contributed by atoms with van der Waals surface area (Å²) in [6.07, 6.45) is 0. The number of carboxylic acids is 1. The zero-order valence-electron chi connectivity index (χ0n) is 18.7. The van der Waals surface area contributed by atoms with E-state index in [4.69, 9.17) is 26.2 Å². The van der Waals surface area contributed by atoms with Gasteiger partial charge < -0.3 is 19.9 Å². The quantitative estimate of drug-likeness (QED) is 0.457. The van der Waals surface area contributed by atoms with Crippen LogP contribution in [0.25, 0.3) is 10.8 Å². The normalized spacial score (nSPS) is 10.4. The largest absolute Gasteiger partial charge is 0.495 e.